The van der Waals surface area contributed by atoms with E-state index in [0.717, 1.165) is 46.8 Å². The summed E-state index contributed by atoms with van der Waals surface area (Å²) in [5.74, 6) is 0.773. The van der Waals surface area contributed by atoms with E-state index in [1.54, 1.807) is 0 Å². The molecule has 1 aliphatic rings. The van der Waals surface area contributed by atoms with E-state index >= 15 is 0 Å². The van der Waals surface area contributed by atoms with Crippen LogP contribution >= 0.6 is 11.3 Å². The number of fused-ring (bicyclic) bond motifs is 1. The largest absolute Gasteiger partial charge is 0.494 e. The van der Waals surface area contributed by atoms with E-state index in [9.17, 15) is 10.1 Å². The smallest absolute Gasteiger partial charge is 0.225 e. The monoisotopic (exact) mass is 369 g/mol. The van der Waals surface area contributed by atoms with Crippen LogP contribution in [0, 0.1) is 18.3 Å². The van der Waals surface area contributed by atoms with Gasteiger partial charge in [0.15, 0.2) is 0 Å². The second-order valence-corrected chi connectivity index (χ2v) is 7.38. The van der Waals surface area contributed by atoms with E-state index < -0.39 is 0 Å². The van der Waals surface area contributed by atoms with Crippen LogP contribution in [0.5, 0.6) is 5.75 Å². The molecule has 0 aliphatic carbocycles. The number of carbonyl (C=O) groups is 1. The Bertz CT molecular complexity index is 851. The number of rotatable bonds is 6. The highest BCUT2D eigenvalue weighted by atomic mass is 32.1. The molecule has 0 atom stereocenters. The topological polar surface area (TPSA) is 74.1 Å². The molecule has 1 aliphatic heterocycles. The number of anilines is 1. The number of nitriles is 1. The number of aryl methyl sites for hydroxylation is 1. The van der Waals surface area contributed by atoms with Gasteiger partial charge in [0.2, 0.25) is 5.91 Å². The van der Waals surface area contributed by atoms with Crippen molar-refractivity contribution >= 4 is 22.2 Å². The molecule has 26 heavy (non-hydrogen) atoms. The third-order valence-corrected chi connectivity index (χ3v) is 5.71. The summed E-state index contributed by atoms with van der Waals surface area (Å²) in [6, 6.07) is 8.21. The lowest BCUT2D eigenvalue weighted by atomic mass is 10.0. The van der Waals surface area contributed by atoms with Gasteiger partial charge >= 0.3 is 0 Å². The Balaban J connectivity index is 1.69. The van der Waals surface area contributed by atoms with Gasteiger partial charge in [-0.2, -0.15) is 5.26 Å². The quantitative estimate of drug-likeness (QED) is 0.817. The zero-order valence-corrected chi connectivity index (χ0v) is 16.0. The molecule has 0 saturated carbocycles. The van der Waals surface area contributed by atoms with Crippen molar-refractivity contribution in [2.75, 3.05) is 18.5 Å². The van der Waals surface area contributed by atoms with Gasteiger partial charge in [-0.1, -0.05) is 12.1 Å². The van der Waals surface area contributed by atoms with E-state index in [0.29, 0.717) is 30.0 Å². The Morgan fingerprint density at radius 2 is 2.31 bits per heavy atom. The first kappa shape index (κ1) is 18.4. The van der Waals surface area contributed by atoms with Crippen LogP contribution in [0.15, 0.2) is 18.2 Å². The highest BCUT2D eigenvalue weighted by Gasteiger charge is 2.21. The number of hydrogen-bond acceptors (Lipinski definition) is 5. The first-order valence-electron chi connectivity index (χ1n) is 8.90. The van der Waals surface area contributed by atoms with Gasteiger partial charge in [0.05, 0.1) is 12.2 Å². The third kappa shape index (κ3) is 3.90. The number of hydrogen-bond donors (Lipinski definition) is 2. The number of ether oxygens (including phenoxy) is 1. The lowest BCUT2D eigenvalue weighted by molar-refractivity contribution is -0.116. The van der Waals surface area contributed by atoms with Crippen molar-refractivity contribution in [3.63, 3.8) is 0 Å². The molecule has 0 bridgehead atoms. The summed E-state index contributed by atoms with van der Waals surface area (Å²) in [5.41, 5.74) is 3.91. The Morgan fingerprint density at radius 1 is 1.46 bits per heavy atom. The minimum absolute atomic E-state index is 0.0706. The van der Waals surface area contributed by atoms with E-state index in [4.69, 9.17) is 4.74 Å². The average molecular weight is 369 g/mol. The van der Waals surface area contributed by atoms with Crippen molar-refractivity contribution in [1.29, 1.82) is 5.26 Å². The predicted molar refractivity (Wildman–Crippen MR) is 104 cm³/mol. The molecule has 0 unspecified atom stereocenters. The minimum atomic E-state index is -0.0706. The average Bonchev–Trinajstić information content (AvgIpc) is 2.98. The second kappa shape index (κ2) is 8.35. The van der Waals surface area contributed by atoms with Gasteiger partial charge in [0.25, 0.3) is 0 Å². The van der Waals surface area contributed by atoms with Crippen LogP contribution in [0.1, 0.15) is 40.5 Å². The lowest BCUT2D eigenvalue weighted by Gasteiger charge is -2.12. The van der Waals surface area contributed by atoms with Crippen LogP contribution < -0.4 is 15.4 Å². The fourth-order valence-electron chi connectivity index (χ4n) is 3.26. The fourth-order valence-corrected chi connectivity index (χ4v) is 4.44. The second-order valence-electron chi connectivity index (χ2n) is 6.28. The summed E-state index contributed by atoms with van der Waals surface area (Å²) in [6.07, 6.45) is 1.81. The maximum atomic E-state index is 12.5. The number of nitrogens with zero attached hydrogens (tertiary/aromatic N) is 1. The molecular formula is C20H23N3O2S. The number of nitrogens with one attached hydrogen (secondary N) is 2. The Labute approximate surface area is 158 Å². The lowest BCUT2D eigenvalue weighted by Crippen LogP contribution is -2.22. The van der Waals surface area contributed by atoms with E-state index in [1.807, 2.05) is 32.0 Å². The highest BCUT2D eigenvalue weighted by Crippen LogP contribution is 2.35. The molecular weight excluding hydrogens is 346 g/mol. The van der Waals surface area contributed by atoms with Crippen molar-refractivity contribution in [3.05, 3.63) is 45.3 Å². The van der Waals surface area contributed by atoms with Crippen LogP contribution in [0.25, 0.3) is 0 Å². The van der Waals surface area contributed by atoms with E-state index in [2.05, 4.69) is 16.7 Å². The molecule has 6 heteroatoms. The van der Waals surface area contributed by atoms with E-state index in [1.165, 1.54) is 11.3 Å². The first-order chi connectivity index (χ1) is 12.6. The van der Waals surface area contributed by atoms with Gasteiger partial charge in [-0.3, -0.25) is 4.79 Å². The molecule has 3 rings (SSSR count). The Morgan fingerprint density at radius 3 is 3.08 bits per heavy atom. The highest BCUT2D eigenvalue weighted by molar-refractivity contribution is 7.16. The molecule has 1 aromatic carbocycles. The van der Waals surface area contributed by atoms with Crippen molar-refractivity contribution in [2.24, 2.45) is 0 Å². The number of benzene rings is 1. The fraction of sp³-hybridized carbons (Fsp3) is 0.400. The molecule has 2 heterocycles. The molecule has 0 fully saturated rings. The zero-order valence-electron chi connectivity index (χ0n) is 15.1. The molecule has 136 valence electrons. The summed E-state index contributed by atoms with van der Waals surface area (Å²) in [5, 5.41) is 16.4. The summed E-state index contributed by atoms with van der Waals surface area (Å²) < 4.78 is 5.68. The van der Waals surface area contributed by atoms with Crippen LogP contribution in [0.3, 0.4) is 0 Å². The predicted octanol–water partition coefficient (Wildman–Crippen LogP) is 3.54. The maximum absolute atomic E-state index is 12.5. The number of carbonyl (C=O) groups excluding carboxylic acids is 1. The van der Waals surface area contributed by atoms with Gasteiger partial charge in [0.1, 0.15) is 16.8 Å². The molecule has 2 aromatic rings. The summed E-state index contributed by atoms with van der Waals surface area (Å²) >= 11 is 1.51. The molecule has 5 nitrogen and oxygen atoms in total. The number of amides is 1. The van der Waals surface area contributed by atoms with Gasteiger partial charge in [-0.05, 0) is 56.0 Å². The summed E-state index contributed by atoms with van der Waals surface area (Å²) in [6.45, 7) is 6.23. The molecule has 0 spiro atoms. The molecule has 0 radical (unpaired) electrons. The maximum Gasteiger partial charge on any atom is 0.225 e. The molecule has 0 saturated heterocycles. The Kier molecular flexibility index (Phi) is 5.92. The van der Waals surface area contributed by atoms with Crippen molar-refractivity contribution in [1.82, 2.24) is 5.32 Å². The standard InChI is InChI=1S/C20H23N3O2S/c1-3-25-17-6-4-5-13(2)14(17)7-8-19(24)23-20-16(11-21)15-9-10-22-12-18(15)26-20/h4-6,22H,3,7-10,12H2,1-2H3,(H,23,24). The molecule has 2 N–H and O–H groups in total. The van der Waals surface area contributed by atoms with E-state index in [-0.39, 0.29) is 5.91 Å². The minimum Gasteiger partial charge on any atom is -0.494 e. The summed E-state index contributed by atoms with van der Waals surface area (Å²) in [4.78, 5) is 13.6. The molecule has 1 aromatic heterocycles. The number of thiophene rings is 1. The molecule has 1 amide bonds. The van der Waals surface area contributed by atoms with Crippen LogP contribution in [0.4, 0.5) is 5.00 Å². The van der Waals surface area contributed by atoms with Crippen molar-refractivity contribution in [2.45, 2.75) is 39.7 Å². The van der Waals surface area contributed by atoms with Gasteiger partial charge in [0, 0.05) is 17.8 Å². The SMILES string of the molecule is CCOc1cccc(C)c1CCC(=O)Nc1sc2c(c1C#N)CCNC2. The van der Waals surface area contributed by atoms with Crippen LogP contribution in [-0.2, 0) is 24.2 Å². The van der Waals surface area contributed by atoms with Gasteiger partial charge < -0.3 is 15.4 Å². The Hall–Kier alpha value is -2.36. The first-order valence-corrected chi connectivity index (χ1v) is 9.72. The van der Waals surface area contributed by atoms with Crippen molar-refractivity contribution in [3.8, 4) is 11.8 Å². The van der Waals surface area contributed by atoms with Gasteiger partial charge in [-0.25, -0.2) is 0 Å². The van der Waals surface area contributed by atoms with Crippen LogP contribution in [0.2, 0.25) is 0 Å². The summed E-state index contributed by atoms with van der Waals surface area (Å²) in [7, 11) is 0. The van der Waals surface area contributed by atoms with Gasteiger partial charge in [-0.15, -0.1) is 11.3 Å². The normalized spacial score (nSPS) is 13.0. The zero-order chi connectivity index (χ0) is 18.5. The van der Waals surface area contributed by atoms with Crippen molar-refractivity contribution < 1.29 is 9.53 Å². The third-order valence-electron chi connectivity index (χ3n) is 4.56. The van der Waals surface area contributed by atoms with Crippen LogP contribution in [-0.4, -0.2) is 19.1 Å².